The molecule has 0 radical (unpaired) electrons. The van der Waals surface area contributed by atoms with Crippen LogP contribution in [0, 0.1) is 0 Å². The van der Waals surface area contributed by atoms with Crippen LogP contribution in [0.1, 0.15) is 6.92 Å². The predicted octanol–water partition coefficient (Wildman–Crippen LogP) is -0.665. The largest absolute Gasteiger partial charge is 0.392 e. The van der Waals surface area contributed by atoms with Crippen LogP contribution in [0.4, 0.5) is 0 Å². The Morgan fingerprint density at radius 1 is 1.26 bits per heavy atom. The number of primary sulfonamides is 1. The van der Waals surface area contributed by atoms with E-state index in [1.807, 2.05) is 0 Å². The maximum absolute atomic E-state index is 12.1. The highest BCUT2D eigenvalue weighted by Gasteiger charge is 2.23. The first-order valence-corrected chi connectivity index (χ1v) is 8.31. The van der Waals surface area contributed by atoms with Gasteiger partial charge in [-0.05, 0) is 25.1 Å². The summed E-state index contributed by atoms with van der Waals surface area (Å²) in [6.45, 7) is 1.36. The van der Waals surface area contributed by atoms with E-state index in [1.165, 1.54) is 32.2 Å². The van der Waals surface area contributed by atoms with E-state index in [4.69, 9.17) is 5.14 Å². The summed E-state index contributed by atoms with van der Waals surface area (Å²) in [6.07, 6.45) is -0.832. The molecule has 1 aromatic carbocycles. The van der Waals surface area contributed by atoms with Crippen molar-refractivity contribution in [2.45, 2.75) is 22.8 Å². The normalized spacial score (nSPS) is 14.6. The molecule has 19 heavy (non-hydrogen) atoms. The maximum atomic E-state index is 12.1. The third-order valence-electron chi connectivity index (χ3n) is 2.36. The van der Waals surface area contributed by atoms with Gasteiger partial charge in [0.05, 0.1) is 15.9 Å². The number of sulfonamides is 2. The van der Waals surface area contributed by atoms with Gasteiger partial charge in [-0.15, -0.1) is 0 Å². The van der Waals surface area contributed by atoms with Crippen molar-refractivity contribution in [1.82, 2.24) is 4.31 Å². The molecule has 0 aliphatic carbocycles. The lowest BCUT2D eigenvalue weighted by atomic mass is 10.4. The zero-order chi connectivity index (χ0) is 14.8. The average Bonchev–Trinajstić information content (AvgIpc) is 2.27. The molecule has 0 amide bonds. The van der Waals surface area contributed by atoms with E-state index >= 15 is 0 Å². The highest BCUT2D eigenvalue weighted by Crippen LogP contribution is 2.18. The molecule has 0 aromatic heterocycles. The highest BCUT2D eigenvalue weighted by molar-refractivity contribution is 7.90. The van der Waals surface area contributed by atoms with Crippen LogP contribution in [0.25, 0.3) is 0 Å². The topological polar surface area (TPSA) is 118 Å². The second-order valence-corrected chi connectivity index (χ2v) is 7.76. The van der Waals surface area contributed by atoms with Crippen LogP contribution in [0.3, 0.4) is 0 Å². The molecule has 3 N–H and O–H groups in total. The Morgan fingerprint density at radius 2 is 1.79 bits per heavy atom. The molecule has 0 saturated carbocycles. The SMILES string of the molecule is CC(O)CN(C)S(=O)(=O)c1cccc(S(N)(=O)=O)c1. The molecule has 0 bridgehead atoms. The van der Waals surface area contributed by atoms with Crippen LogP contribution in [-0.2, 0) is 20.0 Å². The number of hydrogen-bond acceptors (Lipinski definition) is 5. The Bertz CT molecular complexity index is 652. The Hall–Kier alpha value is -1.00. The predicted molar refractivity (Wildman–Crippen MR) is 69.3 cm³/mol. The van der Waals surface area contributed by atoms with Gasteiger partial charge in [-0.3, -0.25) is 0 Å². The van der Waals surface area contributed by atoms with Gasteiger partial charge in [0.15, 0.2) is 0 Å². The van der Waals surface area contributed by atoms with Gasteiger partial charge in [0.2, 0.25) is 20.0 Å². The molecule has 1 unspecified atom stereocenters. The van der Waals surface area contributed by atoms with Gasteiger partial charge in [-0.1, -0.05) is 6.07 Å². The molecular formula is C10H16N2O5S2. The van der Waals surface area contributed by atoms with Gasteiger partial charge in [-0.25, -0.2) is 22.0 Å². The van der Waals surface area contributed by atoms with E-state index in [2.05, 4.69) is 0 Å². The zero-order valence-electron chi connectivity index (χ0n) is 10.5. The molecule has 1 rings (SSSR count). The number of nitrogens with zero attached hydrogens (tertiary/aromatic N) is 1. The lowest BCUT2D eigenvalue weighted by molar-refractivity contribution is 0.171. The summed E-state index contributed by atoms with van der Waals surface area (Å²) in [4.78, 5) is -0.471. The number of aliphatic hydroxyl groups is 1. The number of nitrogens with two attached hydrogens (primary N) is 1. The van der Waals surface area contributed by atoms with Crippen molar-refractivity contribution < 1.29 is 21.9 Å². The van der Waals surface area contributed by atoms with Crippen LogP contribution in [0.2, 0.25) is 0 Å². The van der Waals surface area contributed by atoms with Gasteiger partial charge in [0.25, 0.3) is 0 Å². The molecule has 0 aliphatic heterocycles. The number of hydrogen-bond donors (Lipinski definition) is 2. The van der Waals surface area contributed by atoms with Crippen LogP contribution in [-0.4, -0.2) is 45.9 Å². The zero-order valence-corrected chi connectivity index (χ0v) is 12.1. The second-order valence-electron chi connectivity index (χ2n) is 4.15. The number of aliphatic hydroxyl groups excluding tert-OH is 1. The Labute approximate surface area is 112 Å². The van der Waals surface area contributed by atoms with Crippen molar-refractivity contribution in [2.75, 3.05) is 13.6 Å². The third kappa shape index (κ3) is 3.98. The minimum Gasteiger partial charge on any atom is -0.392 e. The van der Waals surface area contributed by atoms with Gasteiger partial charge in [0, 0.05) is 13.6 Å². The molecule has 0 fully saturated rings. The first-order chi connectivity index (χ1) is 8.55. The van der Waals surface area contributed by atoms with Crippen molar-refractivity contribution in [2.24, 2.45) is 5.14 Å². The van der Waals surface area contributed by atoms with E-state index in [0.717, 1.165) is 10.4 Å². The molecule has 7 nitrogen and oxygen atoms in total. The summed E-state index contributed by atoms with van der Waals surface area (Å²) in [5.74, 6) is 0. The lowest BCUT2D eigenvalue weighted by Crippen LogP contribution is -2.33. The fourth-order valence-corrected chi connectivity index (χ4v) is 3.39. The lowest BCUT2D eigenvalue weighted by Gasteiger charge is -2.18. The van der Waals surface area contributed by atoms with Crippen molar-refractivity contribution in [3.63, 3.8) is 0 Å². The summed E-state index contributed by atoms with van der Waals surface area (Å²) in [5.41, 5.74) is 0. The van der Waals surface area contributed by atoms with E-state index in [-0.39, 0.29) is 16.3 Å². The smallest absolute Gasteiger partial charge is 0.242 e. The number of likely N-dealkylation sites (N-methyl/N-ethyl adjacent to an activating group) is 1. The summed E-state index contributed by atoms with van der Waals surface area (Å²) >= 11 is 0. The van der Waals surface area contributed by atoms with Gasteiger partial charge in [0.1, 0.15) is 0 Å². The van der Waals surface area contributed by atoms with Crippen molar-refractivity contribution in [1.29, 1.82) is 0 Å². The van der Waals surface area contributed by atoms with Gasteiger partial charge >= 0.3 is 0 Å². The minimum absolute atomic E-state index is 0.0953. The fraction of sp³-hybridized carbons (Fsp3) is 0.400. The summed E-state index contributed by atoms with van der Waals surface area (Å²) in [5, 5.41) is 14.1. The first kappa shape index (κ1) is 16.1. The Balaban J connectivity index is 3.23. The molecule has 0 heterocycles. The second kappa shape index (κ2) is 5.55. The quantitative estimate of drug-likeness (QED) is 0.748. The minimum atomic E-state index is -3.97. The fourth-order valence-electron chi connectivity index (χ4n) is 1.46. The van der Waals surface area contributed by atoms with Gasteiger partial charge in [-0.2, -0.15) is 4.31 Å². The molecule has 108 valence electrons. The Morgan fingerprint density at radius 3 is 2.26 bits per heavy atom. The number of benzene rings is 1. The van der Waals surface area contributed by atoms with Crippen molar-refractivity contribution in [3.8, 4) is 0 Å². The molecule has 1 atom stereocenters. The van der Waals surface area contributed by atoms with Crippen LogP contribution in [0.5, 0.6) is 0 Å². The van der Waals surface area contributed by atoms with Crippen molar-refractivity contribution >= 4 is 20.0 Å². The maximum Gasteiger partial charge on any atom is 0.242 e. The molecular weight excluding hydrogens is 292 g/mol. The molecule has 9 heteroatoms. The van der Waals surface area contributed by atoms with E-state index in [0.29, 0.717) is 0 Å². The van der Waals surface area contributed by atoms with Crippen molar-refractivity contribution in [3.05, 3.63) is 24.3 Å². The first-order valence-electron chi connectivity index (χ1n) is 5.32. The third-order valence-corrected chi connectivity index (χ3v) is 5.09. The standard InChI is InChI=1S/C10H16N2O5S2/c1-8(13)7-12(2)19(16,17)10-5-3-4-9(6-10)18(11,14)15/h3-6,8,13H,7H2,1-2H3,(H2,11,14,15). The number of rotatable bonds is 5. The molecule has 0 aliphatic rings. The van der Waals surface area contributed by atoms with Crippen LogP contribution >= 0.6 is 0 Å². The van der Waals surface area contributed by atoms with Crippen LogP contribution in [0.15, 0.2) is 34.1 Å². The van der Waals surface area contributed by atoms with E-state index < -0.39 is 26.2 Å². The monoisotopic (exact) mass is 308 g/mol. The summed E-state index contributed by atoms with van der Waals surface area (Å²) in [7, 11) is -6.53. The van der Waals surface area contributed by atoms with Gasteiger partial charge < -0.3 is 5.11 Å². The molecule has 0 spiro atoms. The van der Waals surface area contributed by atoms with E-state index in [1.54, 1.807) is 0 Å². The highest BCUT2D eigenvalue weighted by atomic mass is 32.2. The van der Waals surface area contributed by atoms with Crippen LogP contribution < -0.4 is 5.14 Å². The summed E-state index contributed by atoms with van der Waals surface area (Å²) < 4.78 is 47.6. The molecule has 0 saturated heterocycles. The van der Waals surface area contributed by atoms with E-state index in [9.17, 15) is 21.9 Å². The summed E-state index contributed by atoms with van der Waals surface area (Å²) in [6, 6.07) is 4.76. The average molecular weight is 308 g/mol. The Kier molecular flexibility index (Phi) is 4.69. The molecule has 1 aromatic rings.